The Labute approximate surface area is 153 Å². The molecule has 6 heteroatoms. The molecule has 0 aliphatic carbocycles. The summed E-state index contributed by atoms with van der Waals surface area (Å²) >= 11 is 4.24. The molecule has 0 fully saturated rings. The van der Waals surface area contributed by atoms with Crippen LogP contribution in [0.1, 0.15) is 28.2 Å². The largest absolute Gasteiger partial charge is 1.00 e. The standard InChI is InChI=1S/C10H26N2.2CH4.2ClH.I2/c1-7-12(5,6)10-8-9-11(2,3)4;;;;;1-2/h7-10H2,1-6H3;2*1H4;2*1H;/q+2;;;;;/p-2. The van der Waals surface area contributed by atoms with Crippen molar-refractivity contribution in [2.24, 2.45) is 0 Å². The molecule has 0 aliphatic rings. The summed E-state index contributed by atoms with van der Waals surface area (Å²) in [7, 11) is 11.4. The summed E-state index contributed by atoms with van der Waals surface area (Å²) in [6, 6.07) is 0. The van der Waals surface area contributed by atoms with Crippen LogP contribution in [0, 0.1) is 0 Å². The van der Waals surface area contributed by atoms with Crippen LogP contribution in [0.25, 0.3) is 0 Å². The van der Waals surface area contributed by atoms with Gasteiger partial charge in [-0.15, -0.1) is 0 Å². The molecule has 0 aliphatic heterocycles. The van der Waals surface area contributed by atoms with Crippen LogP contribution in [0.5, 0.6) is 0 Å². The number of quaternary nitrogens is 2. The van der Waals surface area contributed by atoms with Crippen molar-refractivity contribution >= 4 is 37.2 Å². The highest BCUT2D eigenvalue weighted by molar-refractivity contribution is 15.0. The average molecular weight is 531 g/mol. The number of hydrogen-bond donors (Lipinski definition) is 0. The van der Waals surface area contributed by atoms with E-state index in [9.17, 15) is 0 Å². The monoisotopic (exact) mass is 530 g/mol. The first kappa shape index (κ1) is 36.8. The van der Waals surface area contributed by atoms with Crippen molar-refractivity contribution < 1.29 is 33.8 Å². The van der Waals surface area contributed by atoms with Gasteiger partial charge in [0.1, 0.15) is 0 Å². The molecule has 0 heterocycles. The summed E-state index contributed by atoms with van der Waals surface area (Å²) in [5.74, 6) is 0. The first-order valence-corrected chi connectivity index (χ1v) is 11.3. The van der Waals surface area contributed by atoms with Crippen molar-refractivity contribution in [3.63, 3.8) is 0 Å². The van der Waals surface area contributed by atoms with Gasteiger partial charge < -0.3 is 33.8 Å². The van der Waals surface area contributed by atoms with Gasteiger partial charge in [0.05, 0.1) is 54.9 Å². The van der Waals surface area contributed by atoms with Gasteiger partial charge >= 0.3 is 0 Å². The van der Waals surface area contributed by atoms with Crippen molar-refractivity contribution in [2.75, 3.05) is 54.9 Å². The molecule has 0 saturated carbocycles. The maximum absolute atomic E-state index is 2.30. The molecular formula is C12H34Cl2I2N2. The fraction of sp³-hybridized carbons (Fsp3) is 1.00. The molecule has 0 aromatic carbocycles. The SMILES string of the molecule is C.C.CC[N+](C)(C)CCC[N+](C)(C)C.II.[Cl-].[Cl-]. The average Bonchev–Trinajstić information content (AvgIpc) is 2.05. The fourth-order valence-electron chi connectivity index (χ4n) is 1.13. The maximum Gasteiger partial charge on any atom is 0.0836 e. The van der Waals surface area contributed by atoms with Crippen LogP contribution in [0.3, 0.4) is 0 Å². The Kier molecular flexibility index (Phi) is 38.8. The van der Waals surface area contributed by atoms with Gasteiger partial charge in [0.2, 0.25) is 0 Å². The lowest BCUT2D eigenvalue weighted by Crippen LogP contribution is -3.00. The zero-order chi connectivity index (χ0) is 11.8. The van der Waals surface area contributed by atoms with E-state index in [2.05, 4.69) is 79.4 Å². The Hall–Kier alpha value is 1.96. The molecule has 18 heavy (non-hydrogen) atoms. The van der Waals surface area contributed by atoms with E-state index in [-0.39, 0.29) is 39.7 Å². The van der Waals surface area contributed by atoms with E-state index >= 15 is 0 Å². The Bertz CT molecular complexity index is 141. The van der Waals surface area contributed by atoms with E-state index in [0.717, 1.165) is 8.97 Å². The second-order valence-electron chi connectivity index (χ2n) is 5.34. The number of rotatable bonds is 5. The normalized spacial score (nSPS) is 9.33. The Balaban J connectivity index is -0.0000000569. The minimum atomic E-state index is 0. The lowest BCUT2D eigenvalue weighted by molar-refractivity contribution is -0.900. The molecule has 0 spiro atoms. The minimum absolute atomic E-state index is 0. The Morgan fingerprint density at radius 3 is 1.33 bits per heavy atom. The van der Waals surface area contributed by atoms with Crippen molar-refractivity contribution in [2.45, 2.75) is 28.2 Å². The number of nitrogens with zero attached hydrogens (tertiary/aromatic N) is 2. The van der Waals surface area contributed by atoms with Gasteiger partial charge in [-0.05, 0) is 6.92 Å². The van der Waals surface area contributed by atoms with E-state index < -0.39 is 0 Å². The third-order valence-corrected chi connectivity index (χ3v) is 2.45. The molecule has 0 rings (SSSR count). The zero-order valence-corrected chi connectivity index (χ0v) is 17.1. The van der Waals surface area contributed by atoms with Crippen LogP contribution in [0.4, 0.5) is 0 Å². The second kappa shape index (κ2) is 19.0. The molecule has 0 unspecified atom stereocenters. The van der Waals surface area contributed by atoms with E-state index in [1.54, 1.807) is 0 Å². The molecular weight excluding hydrogens is 497 g/mol. The highest BCUT2D eigenvalue weighted by Gasteiger charge is 2.14. The minimum Gasteiger partial charge on any atom is -1.00 e. The van der Waals surface area contributed by atoms with E-state index in [1.165, 1.54) is 26.1 Å². The van der Waals surface area contributed by atoms with Crippen molar-refractivity contribution in [3.05, 3.63) is 0 Å². The third kappa shape index (κ3) is 30.8. The molecule has 0 aromatic heterocycles. The summed E-state index contributed by atoms with van der Waals surface area (Å²) in [5.41, 5.74) is 0. The Morgan fingerprint density at radius 2 is 1.11 bits per heavy atom. The van der Waals surface area contributed by atoms with Gasteiger partial charge in [0.15, 0.2) is 0 Å². The van der Waals surface area contributed by atoms with Gasteiger partial charge in [-0.1, -0.05) is 14.9 Å². The first-order chi connectivity index (χ1) is 6.27. The van der Waals surface area contributed by atoms with Crippen LogP contribution in [0.15, 0.2) is 0 Å². The Morgan fingerprint density at radius 1 is 0.778 bits per heavy atom. The molecule has 0 N–H and O–H groups in total. The maximum atomic E-state index is 2.30. The summed E-state index contributed by atoms with van der Waals surface area (Å²) in [4.78, 5) is 0. The van der Waals surface area contributed by atoms with E-state index in [4.69, 9.17) is 0 Å². The predicted molar refractivity (Wildman–Crippen MR) is 96.5 cm³/mol. The van der Waals surface area contributed by atoms with E-state index in [1.807, 2.05) is 0 Å². The van der Waals surface area contributed by atoms with Gasteiger partial charge in [0.25, 0.3) is 0 Å². The van der Waals surface area contributed by atoms with Crippen LogP contribution < -0.4 is 24.8 Å². The van der Waals surface area contributed by atoms with Gasteiger partial charge in [-0.2, -0.15) is 0 Å². The van der Waals surface area contributed by atoms with Crippen LogP contribution in [-0.4, -0.2) is 63.8 Å². The predicted octanol–water partition coefficient (Wildman–Crippen LogP) is -1.77. The number of halogens is 4. The van der Waals surface area contributed by atoms with Crippen LogP contribution in [-0.2, 0) is 0 Å². The highest BCUT2D eigenvalue weighted by Crippen LogP contribution is 2.01. The number of hydrogen-bond acceptors (Lipinski definition) is 0. The summed E-state index contributed by atoms with van der Waals surface area (Å²) in [5, 5.41) is 0. The highest BCUT2D eigenvalue weighted by atomic mass is 128. The summed E-state index contributed by atoms with van der Waals surface area (Å²) in [6.45, 7) is 6.07. The molecule has 0 aromatic rings. The smallest absolute Gasteiger partial charge is 0.0836 e. The first-order valence-electron chi connectivity index (χ1n) is 5.03. The lowest BCUT2D eigenvalue weighted by Gasteiger charge is -2.30. The topological polar surface area (TPSA) is 0 Å². The molecule has 0 amide bonds. The van der Waals surface area contributed by atoms with Crippen LogP contribution in [0.2, 0.25) is 0 Å². The summed E-state index contributed by atoms with van der Waals surface area (Å²) < 4.78 is 2.24. The molecule has 0 atom stereocenters. The molecule has 2 nitrogen and oxygen atoms in total. The van der Waals surface area contributed by atoms with Gasteiger partial charge in [-0.3, -0.25) is 0 Å². The molecule has 120 valence electrons. The van der Waals surface area contributed by atoms with Crippen LogP contribution >= 0.6 is 37.2 Å². The lowest BCUT2D eigenvalue weighted by atomic mass is 10.3. The molecule has 0 saturated heterocycles. The third-order valence-electron chi connectivity index (χ3n) is 2.45. The van der Waals surface area contributed by atoms with Crippen molar-refractivity contribution in [1.29, 1.82) is 0 Å². The van der Waals surface area contributed by atoms with Gasteiger partial charge in [0, 0.05) is 43.7 Å². The zero-order valence-electron chi connectivity index (χ0n) is 11.2. The van der Waals surface area contributed by atoms with Crippen molar-refractivity contribution in [1.82, 2.24) is 0 Å². The summed E-state index contributed by atoms with van der Waals surface area (Å²) in [6.07, 6.45) is 1.32. The molecule has 0 radical (unpaired) electrons. The van der Waals surface area contributed by atoms with Crippen molar-refractivity contribution in [3.8, 4) is 0 Å². The quantitative estimate of drug-likeness (QED) is 0.292. The molecule has 0 bridgehead atoms. The van der Waals surface area contributed by atoms with Gasteiger partial charge in [-0.25, -0.2) is 0 Å². The van der Waals surface area contributed by atoms with E-state index in [0.29, 0.717) is 0 Å². The fourth-order valence-corrected chi connectivity index (χ4v) is 1.13. The second-order valence-corrected chi connectivity index (χ2v) is 5.34.